The average molecular weight is 295 g/mol. The number of nitrogens with zero attached hydrogens (tertiary/aromatic N) is 1. The molecule has 1 fully saturated rings. The molecule has 21 heavy (non-hydrogen) atoms. The monoisotopic (exact) mass is 295 g/mol. The zero-order valence-electron chi connectivity index (χ0n) is 11.6. The second-order valence-corrected chi connectivity index (χ2v) is 4.81. The molecule has 0 spiro atoms. The van der Waals surface area contributed by atoms with Crippen molar-refractivity contribution in [1.29, 1.82) is 0 Å². The Labute approximate surface area is 121 Å². The average Bonchev–Trinajstić information content (AvgIpc) is 2.90. The molecule has 7 heteroatoms. The molecule has 1 aliphatic heterocycles. The van der Waals surface area contributed by atoms with E-state index in [4.69, 9.17) is 19.7 Å². The van der Waals surface area contributed by atoms with Gasteiger partial charge in [0.25, 0.3) is 0 Å². The molecule has 114 valence electrons. The zero-order valence-corrected chi connectivity index (χ0v) is 11.6. The molecule has 2 rings (SSSR count). The molecule has 1 aliphatic rings. The van der Waals surface area contributed by atoms with Crippen LogP contribution in [0.3, 0.4) is 0 Å². The first kappa shape index (κ1) is 15.1. The second kappa shape index (κ2) is 6.45. The fourth-order valence-electron chi connectivity index (χ4n) is 2.30. The first-order valence-corrected chi connectivity index (χ1v) is 6.48. The molecule has 2 N–H and O–H groups in total. The summed E-state index contributed by atoms with van der Waals surface area (Å²) in [6, 6.07) is 6.26. The van der Waals surface area contributed by atoms with Crippen LogP contribution in [0.15, 0.2) is 24.3 Å². The Morgan fingerprint density at radius 1 is 1.29 bits per heavy atom. The van der Waals surface area contributed by atoms with Gasteiger partial charge >= 0.3 is 12.1 Å². The maximum Gasteiger partial charge on any atom is 0.408 e. The highest BCUT2D eigenvalue weighted by Gasteiger charge is 2.40. The van der Waals surface area contributed by atoms with Gasteiger partial charge in [-0.05, 0) is 17.7 Å². The van der Waals surface area contributed by atoms with Crippen molar-refractivity contribution in [2.24, 2.45) is 0 Å². The van der Waals surface area contributed by atoms with Crippen LogP contribution in [-0.4, -0.2) is 53.0 Å². The molecule has 1 saturated heterocycles. The lowest BCUT2D eigenvalue weighted by molar-refractivity contribution is -0.141. The van der Waals surface area contributed by atoms with Crippen molar-refractivity contribution in [3.8, 4) is 5.75 Å². The first-order chi connectivity index (χ1) is 10.0. The number of ether oxygens (including phenoxy) is 2. The fraction of sp³-hybridized carbons (Fsp3) is 0.429. The van der Waals surface area contributed by atoms with Crippen LogP contribution in [0.2, 0.25) is 0 Å². The molecule has 0 bridgehead atoms. The summed E-state index contributed by atoms with van der Waals surface area (Å²) in [5, 5.41) is 18.0. The fourth-order valence-corrected chi connectivity index (χ4v) is 2.30. The maximum atomic E-state index is 11.0. The molecule has 0 saturated carbocycles. The number of hydrogen-bond donors (Lipinski definition) is 2. The van der Waals surface area contributed by atoms with Gasteiger partial charge in [0.2, 0.25) is 0 Å². The highest BCUT2D eigenvalue weighted by molar-refractivity contribution is 5.80. The van der Waals surface area contributed by atoms with Crippen molar-refractivity contribution in [2.75, 3.05) is 13.7 Å². The largest absolute Gasteiger partial charge is 0.497 e. The van der Waals surface area contributed by atoms with Crippen molar-refractivity contribution < 1.29 is 29.3 Å². The van der Waals surface area contributed by atoms with E-state index >= 15 is 0 Å². The van der Waals surface area contributed by atoms with E-state index in [0.717, 1.165) is 16.2 Å². The Morgan fingerprint density at radius 3 is 2.43 bits per heavy atom. The summed E-state index contributed by atoms with van der Waals surface area (Å²) < 4.78 is 10.7. The van der Waals surface area contributed by atoms with Gasteiger partial charge < -0.3 is 19.7 Å². The third kappa shape index (κ3) is 3.63. The predicted octanol–water partition coefficient (Wildman–Crippen LogP) is 1.42. The molecule has 0 aromatic heterocycles. The van der Waals surface area contributed by atoms with Crippen molar-refractivity contribution >= 4 is 12.1 Å². The smallest absolute Gasteiger partial charge is 0.408 e. The third-order valence-corrected chi connectivity index (χ3v) is 3.44. The molecule has 7 nitrogen and oxygen atoms in total. The maximum absolute atomic E-state index is 11.0. The van der Waals surface area contributed by atoms with E-state index in [1.165, 1.54) is 0 Å². The Bertz CT molecular complexity index is 493. The predicted molar refractivity (Wildman–Crippen MR) is 72.3 cm³/mol. The minimum atomic E-state index is -1.24. The van der Waals surface area contributed by atoms with Crippen molar-refractivity contribution in [3.63, 3.8) is 0 Å². The molecule has 0 unspecified atom stereocenters. The number of carbonyl (C=O) groups is 2. The van der Waals surface area contributed by atoms with Crippen LogP contribution in [0.4, 0.5) is 4.79 Å². The number of carboxylic acids is 1. The van der Waals surface area contributed by atoms with Gasteiger partial charge in [0, 0.05) is 6.42 Å². The van der Waals surface area contributed by atoms with Gasteiger partial charge in [-0.15, -0.1) is 0 Å². The molecule has 1 amide bonds. The Kier molecular flexibility index (Phi) is 4.64. The van der Waals surface area contributed by atoms with Crippen LogP contribution in [-0.2, 0) is 16.1 Å². The lowest BCUT2D eigenvalue weighted by Gasteiger charge is -2.16. The summed E-state index contributed by atoms with van der Waals surface area (Å²) in [4.78, 5) is 22.9. The number of hydrogen-bond acceptors (Lipinski definition) is 4. The van der Waals surface area contributed by atoms with E-state index in [1.54, 1.807) is 19.2 Å². The van der Waals surface area contributed by atoms with Crippen LogP contribution >= 0.6 is 0 Å². The Hall–Kier alpha value is -2.28. The molecule has 1 aromatic carbocycles. The summed E-state index contributed by atoms with van der Waals surface area (Å²) in [5.74, 6) is -0.407. The zero-order chi connectivity index (χ0) is 15.4. The van der Waals surface area contributed by atoms with E-state index < -0.39 is 24.2 Å². The standard InChI is InChI=1S/C14H17NO6/c1-20-10-4-2-9(3-5-10)8-21-11-6-12(13(16)17)15(7-11)14(18)19/h2-5,11-12H,6-8H2,1H3,(H,16,17)(H,18,19)/t11-,12-/m1/s1. The van der Waals surface area contributed by atoms with E-state index in [0.29, 0.717) is 6.61 Å². The topological polar surface area (TPSA) is 96.3 Å². The number of likely N-dealkylation sites (tertiary alicyclic amines) is 1. The SMILES string of the molecule is COc1ccc(CO[C@@H]2C[C@H](C(=O)O)N(C(=O)O)C2)cc1. The van der Waals surface area contributed by atoms with Gasteiger partial charge in [-0.3, -0.25) is 4.90 Å². The van der Waals surface area contributed by atoms with Crippen LogP contribution in [0.1, 0.15) is 12.0 Å². The molecular weight excluding hydrogens is 278 g/mol. The summed E-state index contributed by atoms with van der Waals surface area (Å²) in [6.07, 6.45) is -1.49. The lowest BCUT2D eigenvalue weighted by atomic mass is 10.2. The number of benzene rings is 1. The molecular formula is C14H17NO6. The number of aliphatic carboxylic acids is 1. The van der Waals surface area contributed by atoms with E-state index in [9.17, 15) is 9.59 Å². The number of carboxylic acid groups (broad SMARTS) is 2. The van der Waals surface area contributed by atoms with Gasteiger partial charge in [0.1, 0.15) is 11.8 Å². The number of methoxy groups -OCH3 is 1. The minimum absolute atomic E-state index is 0.0719. The highest BCUT2D eigenvalue weighted by Crippen LogP contribution is 2.22. The minimum Gasteiger partial charge on any atom is -0.497 e. The summed E-state index contributed by atoms with van der Waals surface area (Å²) >= 11 is 0. The normalized spacial score (nSPS) is 21.3. The Morgan fingerprint density at radius 2 is 1.95 bits per heavy atom. The van der Waals surface area contributed by atoms with Crippen LogP contribution in [0, 0.1) is 0 Å². The van der Waals surface area contributed by atoms with E-state index in [2.05, 4.69) is 0 Å². The molecule has 1 aromatic rings. The molecule has 0 radical (unpaired) electrons. The van der Waals surface area contributed by atoms with Gasteiger partial charge in [0.15, 0.2) is 0 Å². The number of amides is 1. The quantitative estimate of drug-likeness (QED) is 0.852. The van der Waals surface area contributed by atoms with Crippen molar-refractivity contribution in [3.05, 3.63) is 29.8 Å². The molecule has 0 aliphatic carbocycles. The second-order valence-electron chi connectivity index (χ2n) is 4.81. The van der Waals surface area contributed by atoms with E-state index in [-0.39, 0.29) is 13.0 Å². The van der Waals surface area contributed by atoms with Crippen molar-refractivity contribution in [1.82, 2.24) is 4.90 Å². The summed E-state index contributed by atoms with van der Waals surface area (Å²) in [5.41, 5.74) is 0.913. The first-order valence-electron chi connectivity index (χ1n) is 6.48. The molecule has 1 heterocycles. The summed E-state index contributed by atoms with van der Waals surface area (Å²) in [6.45, 7) is 0.372. The van der Waals surface area contributed by atoms with Gasteiger partial charge in [-0.2, -0.15) is 0 Å². The highest BCUT2D eigenvalue weighted by atomic mass is 16.5. The van der Waals surface area contributed by atoms with Crippen LogP contribution < -0.4 is 4.74 Å². The van der Waals surface area contributed by atoms with Gasteiger partial charge in [0.05, 0.1) is 26.4 Å². The lowest BCUT2D eigenvalue weighted by Crippen LogP contribution is -2.39. The van der Waals surface area contributed by atoms with E-state index in [1.807, 2.05) is 12.1 Å². The Balaban J connectivity index is 1.91. The number of rotatable bonds is 5. The van der Waals surface area contributed by atoms with Gasteiger partial charge in [-0.1, -0.05) is 12.1 Å². The van der Waals surface area contributed by atoms with Crippen LogP contribution in [0.25, 0.3) is 0 Å². The van der Waals surface area contributed by atoms with Crippen molar-refractivity contribution in [2.45, 2.75) is 25.2 Å². The van der Waals surface area contributed by atoms with Gasteiger partial charge in [-0.25, -0.2) is 9.59 Å². The molecule has 2 atom stereocenters. The van der Waals surface area contributed by atoms with Crippen LogP contribution in [0.5, 0.6) is 5.75 Å². The summed E-state index contributed by atoms with van der Waals surface area (Å²) in [7, 11) is 1.58. The third-order valence-electron chi connectivity index (χ3n) is 3.44.